The van der Waals surface area contributed by atoms with Crippen molar-refractivity contribution in [2.45, 2.75) is 50.0 Å². The minimum absolute atomic E-state index is 0.109. The lowest BCUT2D eigenvalue weighted by atomic mass is 9.77. The van der Waals surface area contributed by atoms with Crippen LogP contribution in [0.15, 0.2) is 30.3 Å². The first kappa shape index (κ1) is 18.8. The molecule has 3 aliphatic rings. The standard InChI is InChI=1S/C21H28F2N2O2/c22-20(23)7-6-17(14-20)21(27,16-4-2-1-3-5-16)18(26)25-13-10-19(15-25)8-11-24-12-9-19/h1-5,17,24,27H,6-15H2/t17-,21+/m1/s1. The highest BCUT2D eigenvalue weighted by Crippen LogP contribution is 2.49. The van der Waals surface area contributed by atoms with Crippen LogP contribution in [0.1, 0.15) is 44.1 Å². The van der Waals surface area contributed by atoms with Crippen LogP contribution in [0, 0.1) is 11.3 Å². The molecule has 2 N–H and O–H groups in total. The Morgan fingerprint density at radius 3 is 2.48 bits per heavy atom. The van der Waals surface area contributed by atoms with Gasteiger partial charge in [0.25, 0.3) is 5.91 Å². The van der Waals surface area contributed by atoms with Crippen LogP contribution in [-0.4, -0.2) is 48.0 Å². The summed E-state index contributed by atoms with van der Waals surface area (Å²) < 4.78 is 27.8. The van der Waals surface area contributed by atoms with Gasteiger partial charge in [-0.1, -0.05) is 30.3 Å². The van der Waals surface area contributed by atoms with E-state index in [1.807, 2.05) is 0 Å². The molecule has 1 aromatic rings. The quantitative estimate of drug-likeness (QED) is 0.850. The summed E-state index contributed by atoms with van der Waals surface area (Å²) in [6.45, 7) is 3.10. The Balaban J connectivity index is 1.62. The summed E-state index contributed by atoms with van der Waals surface area (Å²) in [6, 6.07) is 8.67. The summed E-state index contributed by atoms with van der Waals surface area (Å²) in [7, 11) is 0. The molecule has 0 aromatic heterocycles. The fourth-order valence-electron chi connectivity index (χ4n) is 5.25. The van der Waals surface area contributed by atoms with E-state index in [0.29, 0.717) is 18.7 Å². The zero-order chi connectivity index (χ0) is 19.1. The van der Waals surface area contributed by atoms with Gasteiger partial charge in [-0.3, -0.25) is 4.79 Å². The van der Waals surface area contributed by atoms with Crippen LogP contribution in [0.4, 0.5) is 8.78 Å². The molecule has 0 radical (unpaired) electrons. The van der Waals surface area contributed by atoms with Gasteiger partial charge in [0, 0.05) is 31.8 Å². The second kappa shape index (κ2) is 6.82. The van der Waals surface area contributed by atoms with E-state index in [0.717, 1.165) is 32.4 Å². The third-order valence-electron chi connectivity index (χ3n) is 6.92. The number of carbonyl (C=O) groups excluding carboxylic acids is 1. The molecule has 1 saturated carbocycles. The van der Waals surface area contributed by atoms with Crippen molar-refractivity contribution in [3.63, 3.8) is 0 Å². The van der Waals surface area contributed by atoms with E-state index in [1.54, 1.807) is 35.2 Å². The Morgan fingerprint density at radius 2 is 1.85 bits per heavy atom. The van der Waals surface area contributed by atoms with Crippen molar-refractivity contribution < 1.29 is 18.7 Å². The Kier molecular flexibility index (Phi) is 4.75. The molecule has 4 rings (SSSR count). The predicted molar refractivity (Wildman–Crippen MR) is 98.4 cm³/mol. The van der Waals surface area contributed by atoms with Gasteiger partial charge in [0.2, 0.25) is 5.92 Å². The van der Waals surface area contributed by atoms with Gasteiger partial charge >= 0.3 is 0 Å². The van der Waals surface area contributed by atoms with Crippen molar-refractivity contribution in [2.75, 3.05) is 26.2 Å². The maximum atomic E-state index is 13.9. The molecule has 1 amide bonds. The Hall–Kier alpha value is -1.53. The molecule has 0 bridgehead atoms. The maximum absolute atomic E-state index is 13.9. The smallest absolute Gasteiger partial charge is 0.259 e. The monoisotopic (exact) mass is 378 g/mol. The molecule has 1 aliphatic carbocycles. The minimum atomic E-state index is -2.81. The highest BCUT2D eigenvalue weighted by Gasteiger charge is 2.56. The predicted octanol–water partition coefficient (Wildman–Crippen LogP) is 2.91. The molecule has 4 nitrogen and oxygen atoms in total. The van der Waals surface area contributed by atoms with E-state index >= 15 is 0 Å². The van der Waals surface area contributed by atoms with Crippen LogP contribution in [0.25, 0.3) is 0 Å². The molecule has 2 saturated heterocycles. The number of rotatable bonds is 3. The second-order valence-electron chi connectivity index (χ2n) is 8.65. The van der Waals surface area contributed by atoms with E-state index in [9.17, 15) is 18.7 Å². The number of piperidine rings is 1. The van der Waals surface area contributed by atoms with Crippen molar-refractivity contribution >= 4 is 5.91 Å². The number of alkyl halides is 2. The van der Waals surface area contributed by atoms with Crippen LogP contribution in [0.2, 0.25) is 0 Å². The summed E-state index contributed by atoms with van der Waals surface area (Å²) in [5.41, 5.74) is -1.33. The zero-order valence-electron chi connectivity index (χ0n) is 15.6. The fourth-order valence-corrected chi connectivity index (χ4v) is 5.25. The number of carbonyl (C=O) groups is 1. The van der Waals surface area contributed by atoms with Gasteiger partial charge < -0.3 is 15.3 Å². The lowest BCUT2D eigenvalue weighted by Gasteiger charge is -2.38. The lowest BCUT2D eigenvalue weighted by Crippen LogP contribution is -2.51. The highest BCUT2D eigenvalue weighted by atomic mass is 19.3. The largest absolute Gasteiger partial charge is 0.375 e. The van der Waals surface area contributed by atoms with Gasteiger partial charge in [-0.25, -0.2) is 8.78 Å². The number of hydrogen-bond acceptors (Lipinski definition) is 3. The molecule has 2 aliphatic heterocycles. The van der Waals surface area contributed by atoms with Gasteiger partial charge in [-0.2, -0.15) is 0 Å². The Morgan fingerprint density at radius 1 is 1.15 bits per heavy atom. The van der Waals surface area contributed by atoms with Crippen molar-refractivity contribution in [2.24, 2.45) is 11.3 Å². The van der Waals surface area contributed by atoms with Gasteiger partial charge in [0.15, 0.2) is 5.60 Å². The SMILES string of the molecule is O=C(N1CCC2(CCNCC2)C1)[C@](O)(c1ccccc1)[C@@H]1CCC(F)(F)C1. The third kappa shape index (κ3) is 3.38. The molecule has 6 heteroatoms. The molecule has 27 heavy (non-hydrogen) atoms. The average Bonchev–Trinajstić information content (AvgIpc) is 3.25. The number of halogens is 2. The van der Waals surface area contributed by atoms with E-state index in [2.05, 4.69) is 5.32 Å². The first-order valence-corrected chi connectivity index (χ1v) is 10.0. The van der Waals surface area contributed by atoms with E-state index in [4.69, 9.17) is 0 Å². The highest BCUT2D eigenvalue weighted by molar-refractivity contribution is 5.87. The summed E-state index contributed by atoms with van der Waals surface area (Å²) in [4.78, 5) is 15.2. The van der Waals surface area contributed by atoms with Crippen LogP contribution >= 0.6 is 0 Å². The van der Waals surface area contributed by atoms with E-state index < -0.39 is 29.8 Å². The molecule has 2 atom stereocenters. The minimum Gasteiger partial charge on any atom is -0.375 e. The summed E-state index contributed by atoms with van der Waals surface area (Å²) in [5.74, 6) is -3.96. The normalized spacial score (nSPS) is 29.0. The first-order chi connectivity index (χ1) is 12.8. The van der Waals surface area contributed by atoms with Crippen LogP contribution < -0.4 is 5.32 Å². The third-order valence-corrected chi connectivity index (χ3v) is 6.92. The number of hydrogen-bond donors (Lipinski definition) is 2. The fraction of sp³-hybridized carbons (Fsp3) is 0.667. The summed E-state index contributed by atoms with van der Waals surface area (Å²) in [5, 5.41) is 14.9. The topological polar surface area (TPSA) is 52.6 Å². The first-order valence-electron chi connectivity index (χ1n) is 10.0. The van der Waals surface area contributed by atoms with Crippen LogP contribution in [-0.2, 0) is 10.4 Å². The number of amides is 1. The van der Waals surface area contributed by atoms with Gasteiger partial charge in [-0.05, 0) is 49.8 Å². The molecular formula is C21H28F2N2O2. The number of benzene rings is 1. The molecule has 1 aromatic carbocycles. The number of nitrogens with one attached hydrogen (secondary N) is 1. The number of nitrogens with zero attached hydrogens (tertiary/aromatic N) is 1. The molecule has 0 unspecified atom stereocenters. The van der Waals surface area contributed by atoms with Crippen molar-refractivity contribution in [1.29, 1.82) is 0 Å². The van der Waals surface area contributed by atoms with E-state index in [1.165, 1.54) is 0 Å². The Labute approximate surface area is 158 Å². The molecule has 148 valence electrons. The lowest BCUT2D eigenvalue weighted by molar-refractivity contribution is -0.159. The Bertz CT molecular complexity index is 691. The van der Waals surface area contributed by atoms with Gasteiger partial charge in [0.1, 0.15) is 0 Å². The molecule has 1 spiro atoms. The van der Waals surface area contributed by atoms with Crippen LogP contribution in [0.3, 0.4) is 0 Å². The van der Waals surface area contributed by atoms with Gasteiger partial charge in [0.05, 0.1) is 0 Å². The van der Waals surface area contributed by atoms with E-state index in [-0.39, 0.29) is 18.3 Å². The number of likely N-dealkylation sites (tertiary alicyclic amines) is 1. The van der Waals surface area contributed by atoms with Crippen molar-refractivity contribution in [1.82, 2.24) is 10.2 Å². The summed E-state index contributed by atoms with van der Waals surface area (Å²) in [6.07, 6.45) is 2.41. The average molecular weight is 378 g/mol. The molecule has 2 heterocycles. The molecule has 3 fully saturated rings. The summed E-state index contributed by atoms with van der Waals surface area (Å²) >= 11 is 0. The van der Waals surface area contributed by atoms with Crippen molar-refractivity contribution in [3.05, 3.63) is 35.9 Å². The number of aliphatic hydroxyl groups is 1. The molecular weight excluding hydrogens is 350 g/mol. The van der Waals surface area contributed by atoms with Crippen molar-refractivity contribution in [3.8, 4) is 0 Å². The zero-order valence-corrected chi connectivity index (χ0v) is 15.6. The van der Waals surface area contributed by atoms with Crippen LogP contribution in [0.5, 0.6) is 0 Å². The van der Waals surface area contributed by atoms with Gasteiger partial charge in [-0.15, -0.1) is 0 Å². The second-order valence-corrected chi connectivity index (χ2v) is 8.65. The maximum Gasteiger partial charge on any atom is 0.259 e.